The van der Waals surface area contributed by atoms with Gasteiger partial charge in [-0.3, -0.25) is 0 Å². The maximum absolute atomic E-state index is 13.3. The van der Waals surface area contributed by atoms with Gasteiger partial charge in [0.15, 0.2) is 23.1 Å². The SMILES string of the molecule is Cc1nnc2ccc(N3CCC(=Cc4ccc(F)c(F)c4)CC3)nn12. The molecule has 0 bridgehead atoms. The number of fused-ring (bicyclic) bond motifs is 1. The predicted octanol–water partition coefficient (Wildman–Crippen LogP) is 3.39. The summed E-state index contributed by atoms with van der Waals surface area (Å²) in [6.07, 6.45) is 3.67. The lowest BCUT2D eigenvalue weighted by Gasteiger charge is -2.29. The molecular formula is C18H17F2N5. The summed E-state index contributed by atoms with van der Waals surface area (Å²) in [6, 6.07) is 7.86. The molecule has 4 rings (SSSR count). The van der Waals surface area contributed by atoms with Crippen molar-refractivity contribution < 1.29 is 8.78 Å². The molecule has 25 heavy (non-hydrogen) atoms. The summed E-state index contributed by atoms with van der Waals surface area (Å²) in [5, 5.41) is 12.7. The van der Waals surface area contributed by atoms with Gasteiger partial charge in [-0.25, -0.2) is 8.78 Å². The van der Waals surface area contributed by atoms with Crippen LogP contribution in [0.5, 0.6) is 0 Å². The smallest absolute Gasteiger partial charge is 0.178 e. The Labute approximate surface area is 143 Å². The number of aromatic nitrogens is 4. The van der Waals surface area contributed by atoms with Crippen molar-refractivity contribution in [1.29, 1.82) is 0 Å². The van der Waals surface area contributed by atoms with Crippen LogP contribution in [-0.4, -0.2) is 32.9 Å². The Bertz CT molecular complexity index is 953. The number of benzene rings is 1. The van der Waals surface area contributed by atoms with Crippen LogP contribution < -0.4 is 4.90 Å². The van der Waals surface area contributed by atoms with E-state index in [1.165, 1.54) is 11.6 Å². The average Bonchev–Trinajstić information content (AvgIpc) is 2.99. The Morgan fingerprint density at radius 1 is 1.00 bits per heavy atom. The van der Waals surface area contributed by atoms with E-state index in [2.05, 4.69) is 20.2 Å². The number of nitrogens with zero attached hydrogens (tertiary/aromatic N) is 5. The highest BCUT2D eigenvalue weighted by atomic mass is 19.2. The molecule has 2 aromatic heterocycles. The Kier molecular flexibility index (Phi) is 3.91. The molecule has 1 aliphatic heterocycles. The van der Waals surface area contributed by atoms with Gasteiger partial charge >= 0.3 is 0 Å². The third-order valence-corrected chi connectivity index (χ3v) is 4.45. The van der Waals surface area contributed by atoms with Gasteiger partial charge in [-0.15, -0.1) is 15.3 Å². The van der Waals surface area contributed by atoms with Crippen molar-refractivity contribution in [3.63, 3.8) is 0 Å². The van der Waals surface area contributed by atoms with Crippen molar-refractivity contribution in [1.82, 2.24) is 19.8 Å². The summed E-state index contributed by atoms with van der Waals surface area (Å²) in [7, 11) is 0. The van der Waals surface area contributed by atoms with Gasteiger partial charge < -0.3 is 4.90 Å². The van der Waals surface area contributed by atoms with Gasteiger partial charge in [-0.1, -0.05) is 17.7 Å². The lowest BCUT2D eigenvalue weighted by molar-refractivity contribution is 0.508. The van der Waals surface area contributed by atoms with Gasteiger partial charge in [0.1, 0.15) is 5.82 Å². The fraction of sp³-hybridized carbons (Fsp3) is 0.278. The van der Waals surface area contributed by atoms with Crippen LogP contribution in [0.3, 0.4) is 0 Å². The average molecular weight is 341 g/mol. The molecule has 5 nitrogen and oxygen atoms in total. The minimum atomic E-state index is -0.817. The molecule has 7 heteroatoms. The van der Waals surface area contributed by atoms with E-state index in [0.717, 1.165) is 49.3 Å². The van der Waals surface area contributed by atoms with Crippen molar-refractivity contribution in [3.8, 4) is 0 Å². The first-order chi connectivity index (χ1) is 12.1. The van der Waals surface area contributed by atoms with Crippen LogP contribution in [0.15, 0.2) is 35.9 Å². The quantitative estimate of drug-likeness (QED) is 0.717. The summed E-state index contributed by atoms with van der Waals surface area (Å²) in [6.45, 7) is 3.53. The Balaban J connectivity index is 1.49. The van der Waals surface area contributed by atoms with Gasteiger partial charge in [0, 0.05) is 13.1 Å². The van der Waals surface area contributed by atoms with Gasteiger partial charge in [0.2, 0.25) is 0 Å². The zero-order valence-electron chi connectivity index (χ0n) is 13.8. The van der Waals surface area contributed by atoms with E-state index in [1.807, 2.05) is 25.1 Å². The number of rotatable bonds is 2. The second kappa shape index (κ2) is 6.23. The van der Waals surface area contributed by atoms with Crippen molar-refractivity contribution in [2.24, 2.45) is 0 Å². The molecule has 0 spiro atoms. The fourth-order valence-corrected chi connectivity index (χ4v) is 3.06. The normalized spacial score (nSPS) is 15.0. The standard InChI is InChI=1S/C18H17F2N5/c1-12-21-22-17-4-5-18(23-25(12)17)24-8-6-13(7-9-24)10-14-2-3-15(19)16(20)11-14/h2-5,10-11H,6-9H2,1H3. The molecule has 1 aromatic carbocycles. The van der Waals surface area contributed by atoms with E-state index in [1.54, 1.807) is 10.6 Å². The molecule has 128 valence electrons. The first kappa shape index (κ1) is 15.7. The van der Waals surface area contributed by atoms with E-state index < -0.39 is 11.6 Å². The number of aryl methyl sites for hydroxylation is 1. The summed E-state index contributed by atoms with van der Waals surface area (Å²) >= 11 is 0. The Morgan fingerprint density at radius 2 is 1.80 bits per heavy atom. The largest absolute Gasteiger partial charge is 0.355 e. The van der Waals surface area contributed by atoms with E-state index in [4.69, 9.17) is 0 Å². The lowest BCUT2D eigenvalue weighted by Crippen LogP contribution is -2.31. The van der Waals surface area contributed by atoms with E-state index in [9.17, 15) is 8.78 Å². The highest BCUT2D eigenvalue weighted by molar-refractivity contribution is 5.54. The van der Waals surface area contributed by atoms with Crippen LogP contribution in [0.1, 0.15) is 24.2 Å². The first-order valence-corrected chi connectivity index (χ1v) is 8.19. The second-order valence-corrected chi connectivity index (χ2v) is 6.17. The van der Waals surface area contributed by atoms with E-state index in [0.29, 0.717) is 5.56 Å². The van der Waals surface area contributed by atoms with Crippen LogP contribution in [0, 0.1) is 18.6 Å². The molecule has 1 saturated heterocycles. The highest BCUT2D eigenvalue weighted by Gasteiger charge is 2.17. The van der Waals surface area contributed by atoms with E-state index in [-0.39, 0.29) is 0 Å². The lowest BCUT2D eigenvalue weighted by atomic mass is 10.0. The summed E-state index contributed by atoms with van der Waals surface area (Å²) in [5.41, 5.74) is 2.66. The van der Waals surface area contributed by atoms with Crippen LogP contribution >= 0.6 is 0 Å². The first-order valence-electron chi connectivity index (χ1n) is 8.19. The summed E-state index contributed by atoms with van der Waals surface area (Å²) < 4.78 is 28.1. The summed E-state index contributed by atoms with van der Waals surface area (Å²) in [5.74, 6) is 0.0198. The maximum atomic E-state index is 13.3. The monoisotopic (exact) mass is 341 g/mol. The molecule has 3 heterocycles. The molecule has 0 saturated carbocycles. The van der Waals surface area contributed by atoms with Crippen molar-refractivity contribution in [2.45, 2.75) is 19.8 Å². The Morgan fingerprint density at radius 3 is 2.56 bits per heavy atom. The van der Waals surface area contributed by atoms with Crippen LogP contribution in [-0.2, 0) is 0 Å². The topological polar surface area (TPSA) is 46.3 Å². The van der Waals surface area contributed by atoms with Crippen LogP contribution in [0.4, 0.5) is 14.6 Å². The van der Waals surface area contributed by atoms with E-state index >= 15 is 0 Å². The maximum Gasteiger partial charge on any atom is 0.178 e. The number of hydrogen-bond donors (Lipinski definition) is 0. The second-order valence-electron chi connectivity index (χ2n) is 6.17. The molecule has 0 amide bonds. The molecule has 0 aliphatic carbocycles. The van der Waals surface area contributed by atoms with Crippen LogP contribution in [0.2, 0.25) is 0 Å². The molecule has 0 unspecified atom stereocenters. The number of anilines is 1. The number of hydrogen-bond acceptors (Lipinski definition) is 4. The third-order valence-electron chi connectivity index (χ3n) is 4.45. The zero-order valence-corrected chi connectivity index (χ0v) is 13.8. The van der Waals surface area contributed by atoms with Crippen molar-refractivity contribution in [3.05, 3.63) is 58.9 Å². The minimum absolute atomic E-state index is 0.696. The molecule has 0 atom stereocenters. The number of halogens is 2. The van der Waals surface area contributed by atoms with Crippen LogP contribution in [0.25, 0.3) is 11.7 Å². The molecule has 3 aromatic rings. The zero-order chi connectivity index (χ0) is 17.4. The molecule has 1 aliphatic rings. The number of piperidine rings is 1. The molecule has 0 N–H and O–H groups in total. The van der Waals surface area contributed by atoms with Gasteiger partial charge in [-0.05, 0) is 49.6 Å². The van der Waals surface area contributed by atoms with Gasteiger partial charge in [-0.2, -0.15) is 4.52 Å². The molecule has 0 radical (unpaired) electrons. The predicted molar refractivity (Wildman–Crippen MR) is 91.3 cm³/mol. The minimum Gasteiger partial charge on any atom is -0.355 e. The molecular weight excluding hydrogens is 324 g/mol. The van der Waals surface area contributed by atoms with Gasteiger partial charge in [0.05, 0.1) is 0 Å². The van der Waals surface area contributed by atoms with Crippen molar-refractivity contribution in [2.75, 3.05) is 18.0 Å². The Hall–Kier alpha value is -2.83. The fourth-order valence-electron chi connectivity index (χ4n) is 3.06. The molecule has 1 fully saturated rings. The third kappa shape index (κ3) is 3.09. The van der Waals surface area contributed by atoms with Gasteiger partial charge in [0.25, 0.3) is 0 Å². The summed E-state index contributed by atoms with van der Waals surface area (Å²) in [4.78, 5) is 2.21. The highest BCUT2D eigenvalue weighted by Crippen LogP contribution is 2.24. The van der Waals surface area contributed by atoms with Crippen molar-refractivity contribution >= 4 is 17.5 Å².